The van der Waals surface area contributed by atoms with E-state index in [4.69, 9.17) is 19.7 Å². The molecule has 0 aromatic carbocycles. The molecule has 0 unspecified atom stereocenters. The minimum absolute atomic E-state index is 0.283. The van der Waals surface area contributed by atoms with Gasteiger partial charge in [0.2, 0.25) is 0 Å². The fourth-order valence-corrected chi connectivity index (χ4v) is 2.43. The van der Waals surface area contributed by atoms with E-state index in [1.165, 1.54) is 25.7 Å². The summed E-state index contributed by atoms with van der Waals surface area (Å²) in [4.78, 5) is 43.0. The van der Waals surface area contributed by atoms with Crippen LogP contribution >= 0.6 is 0 Å². The molecular weight excluding hydrogens is 368 g/mol. The predicted octanol–water partition coefficient (Wildman–Crippen LogP) is 3.81. The monoisotopic (exact) mass is 404 g/mol. The second kappa shape index (κ2) is 17.0. The molecule has 2 N–H and O–H groups in total. The Morgan fingerprint density at radius 2 is 1.11 bits per heavy atom. The molecule has 8 nitrogen and oxygen atoms in total. The van der Waals surface area contributed by atoms with Gasteiger partial charge in [-0.2, -0.15) is 0 Å². The van der Waals surface area contributed by atoms with Crippen molar-refractivity contribution in [1.29, 1.82) is 0 Å². The Hall–Kier alpha value is -2.12. The molecule has 0 fully saturated rings. The Bertz CT molecular complexity index is 443. The third-order valence-corrected chi connectivity index (χ3v) is 4.03. The summed E-state index contributed by atoms with van der Waals surface area (Å²) in [5.41, 5.74) is -1.16. The van der Waals surface area contributed by atoms with Gasteiger partial charge in [-0.25, -0.2) is 0 Å². The summed E-state index contributed by atoms with van der Waals surface area (Å²) in [6.45, 7) is 7.90. The maximum Gasteiger partial charge on any atom is 0.323 e. The fraction of sp³-hybridized carbons (Fsp3) is 0.800. The van der Waals surface area contributed by atoms with Crippen LogP contribution in [0.25, 0.3) is 0 Å². The van der Waals surface area contributed by atoms with E-state index in [2.05, 4.69) is 6.92 Å². The molecule has 0 radical (unpaired) electrons. The number of carboxylic acid groups (broad SMARTS) is 2. The molecule has 0 heterocycles. The molecule has 0 saturated heterocycles. The zero-order valence-corrected chi connectivity index (χ0v) is 17.6. The molecule has 0 aromatic rings. The van der Waals surface area contributed by atoms with Gasteiger partial charge in [-0.1, -0.05) is 51.9 Å². The highest BCUT2D eigenvalue weighted by molar-refractivity contribution is 5.99. The maximum atomic E-state index is 12.1. The Kier molecular flexibility index (Phi) is 17.1. The van der Waals surface area contributed by atoms with Crippen molar-refractivity contribution in [3.8, 4) is 0 Å². The zero-order chi connectivity index (χ0) is 22.0. The van der Waals surface area contributed by atoms with E-state index in [9.17, 15) is 19.2 Å². The fourth-order valence-electron chi connectivity index (χ4n) is 2.43. The van der Waals surface area contributed by atoms with Crippen LogP contribution in [0.3, 0.4) is 0 Å². The van der Waals surface area contributed by atoms with Crippen molar-refractivity contribution in [3.63, 3.8) is 0 Å². The minimum Gasteiger partial charge on any atom is -0.481 e. The standard InChI is InChI=1S/C17H32O4.C3H4O4/c1-5-8-9-10-11-12-13-14-17(4,15(18)20-6-2)16(19)21-7-3;4-2(5)1-3(6)7/h5-14H2,1-4H3;1H2,(H,4,5)(H,6,7). The second-order valence-electron chi connectivity index (χ2n) is 6.61. The van der Waals surface area contributed by atoms with Gasteiger partial charge < -0.3 is 19.7 Å². The van der Waals surface area contributed by atoms with Crippen molar-refractivity contribution in [1.82, 2.24) is 0 Å². The van der Waals surface area contributed by atoms with Gasteiger partial charge in [-0.05, 0) is 27.2 Å². The molecule has 8 heteroatoms. The lowest BCUT2D eigenvalue weighted by Gasteiger charge is -2.24. The summed E-state index contributed by atoms with van der Waals surface area (Å²) in [5, 5.41) is 15.4. The smallest absolute Gasteiger partial charge is 0.323 e. The first-order chi connectivity index (χ1) is 13.1. The average Bonchev–Trinajstić information content (AvgIpc) is 2.60. The van der Waals surface area contributed by atoms with Gasteiger partial charge in [0, 0.05) is 0 Å². The van der Waals surface area contributed by atoms with Crippen molar-refractivity contribution in [2.24, 2.45) is 5.41 Å². The quantitative estimate of drug-likeness (QED) is 0.254. The molecule has 28 heavy (non-hydrogen) atoms. The van der Waals surface area contributed by atoms with E-state index >= 15 is 0 Å². The summed E-state index contributed by atoms with van der Waals surface area (Å²) < 4.78 is 10.1. The predicted molar refractivity (Wildman–Crippen MR) is 104 cm³/mol. The Balaban J connectivity index is 0. The second-order valence-corrected chi connectivity index (χ2v) is 6.61. The van der Waals surface area contributed by atoms with Crippen LogP contribution in [0, 0.1) is 5.41 Å². The molecule has 0 amide bonds. The van der Waals surface area contributed by atoms with Gasteiger partial charge in [-0.3, -0.25) is 19.2 Å². The number of carbonyl (C=O) groups is 4. The van der Waals surface area contributed by atoms with Gasteiger partial charge in [-0.15, -0.1) is 0 Å². The number of aliphatic carboxylic acids is 2. The average molecular weight is 405 g/mol. The Morgan fingerprint density at radius 1 is 0.714 bits per heavy atom. The molecule has 0 spiro atoms. The van der Waals surface area contributed by atoms with E-state index in [1.54, 1.807) is 20.8 Å². The van der Waals surface area contributed by atoms with Gasteiger partial charge in [0.1, 0.15) is 6.42 Å². The Labute approximate surface area is 167 Å². The lowest BCUT2D eigenvalue weighted by atomic mass is 9.84. The highest BCUT2D eigenvalue weighted by Crippen LogP contribution is 2.28. The summed E-state index contributed by atoms with van der Waals surface area (Å²) in [7, 11) is 0. The van der Waals surface area contributed by atoms with Gasteiger partial charge in [0.15, 0.2) is 5.41 Å². The van der Waals surface area contributed by atoms with E-state index in [0.717, 1.165) is 19.3 Å². The first-order valence-electron chi connectivity index (χ1n) is 9.93. The lowest BCUT2D eigenvalue weighted by molar-refractivity contribution is -0.171. The number of carboxylic acids is 2. The van der Waals surface area contributed by atoms with Gasteiger partial charge in [0.05, 0.1) is 13.2 Å². The van der Waals surface area contributed by atoms with Gasteiger partial charge >= 0.3 is 23.9 Å². The van der Waals surface area contributed by atoms with Crippen molar-refractivity contribution in [3.05, 3.63) is 0 Å². The number of unbranched alkanes of at least 4 members (excludes halogenated alkanes) is 6. The summed E-state index contributed by atoms with van der Waals surface area (Å²) >= 11 is 0. The topological polar surface area (TPSA) is 127 Å². The zero-order valence-electron chi connectivity index (χ0n) is 17.6. The molecule has 164 valence electrons. The number of rotatable bonds is 14. The van der Waals surface area contributed by atoms with E-state index in [-0.39, 0.29) is 13.2 Å². The Morgan fingerprint density at radius 3 is 1.43 bits per heavy atom. The van der Waals surface area contributed by atoms with Crippen LogP contribution in [0.2, 0.25) is 0 Å². The molecule has 0 aliphatic carbocycles. The maximum absolute atomic E-state index is 12.1. The molecule has 0 aliphatic rings. The number of esters is 2. The van der Waals surface area contributed by atoms with Crippen LogP contribution in [0.5, 0.6) is 0 Å². The summed E-state index contributed by atoms with van der Waals surface area (Å²) in [6.07, 6.45) is 7.75. The molecular formula is C20H36O8. The van der Waals surface area contributed by atoms with Crippen molar-refractivity contribution in [2.45, 2.75) is 85.5 Å². The van der Waals surface area contributed by atoms with Crippen LogP contribution in [-0.4, -0.2) is 47.3 Å². The molecule has 0 aromatic heterocycles. The highest BCUT2D eigenvalue weighted by Gasteiger charge is 2.43. The third-order valence-electron chi connectivity index (χ3n) is 4.03. The largest absolute Gasteiger partial charge is 0.481 e. The van der Waals surface area contributed by atoms with Crippen molar-refractivity contribution >= 4 is 23.9 Å². The van der Waals surface area contributed by atoms with E-state index in [0.29, 0.717) is 6.42 Å². The molecule has 0 bridgehead atoms. The summed E-state index contributed by atoms with van der Waals surface area (Å²) in [6, 6.07) is 0. The van der Waals surface area contributed by atoms with Crippen LogP contribution in [0.1, 0.15) is 85.5 Å². The first-order valence-corrected chi connectivity index (χ1v) is 9.93. The minimum atomic E-state index is -1.31. The van der Waals surface area contributed by atoms with E-state index in [1.807, 2.05) is 0 Å². The lowest BCUT2D eigenvalue weighted by Crippen LogP contribution is -2.39. The van der Waals surface area contributed by atoms with Crippen molar-refractivity contribution in [2.75, 3.05) is 13.2 Å². The number of hydrogen-bond acceptors (Lipinski definition) is 6. The normalized spacial score (nSPS) is 10.4. The first kappa shape index (κ1) is 28.1. The van der Waals surface area contributed by atoms with Gasteiger partial charge in [0.25, 0.3) is 0 Å². The number of hydrogen-bond donors (Lipinski definition) is 2. The van der Waals surface area contributed by atoms with Crippen LogP contribution in [0.4, 0.5) is 0 Å². The summed E-state index contributed by atoms with van der Waals surface area (Å²) in [5.74, 6) is -3.55. The number of carbonyl (C=O) groups excluding carboxylic acids is 2. The van der Waals surface area contributed by atoms with Crippen LogP contribution in [-0.2, 0) is 28.7 Å². The molecule has 0 rings (SSSR count). The third kappa shape index (κ3) is 14.0. The molecule has 0 atom stereocenters. The van der Waals surface area contributed by atoms with Crippen molar-refractivity contribution < 1.29 is 38.9 Å². The number of ether oxygens (including phenoxy) is 2. The molecule has 0 aliphatic heterocycles. The van der Waals surface area contributed by atoms with E-state index < -0.39 is 35.7 Å². The molecule has 0 saturated carbocycles. The highest BCUT2D eigenvalue weighted by atomic mass is 16.6. The van der Waals surface area contributed by atoms with Crippen LogP contribution < -0.4 is 0 Å². The van der Waals surface area contributed by atoms with Crippen LogP contribution in [0.15, 0.2) is 0 Å². The SMILES string of the molecule is CCCCCCCCCC(C)(C(=O)OCC)C(=O)OCC.O=C(O)CC(=O)O.